The normalized spacial score (nSPS) is 10.8. The van der Waals surface area contributed by atoms with E-state index < -0.39 is 11.9 Å². The number of hydrogen-bond donors (Lipinski definition) is 2. The zero-order chi connectivity index (χ0) is 33.4. The van der Waals surface area contributed by atoms with Crippen molar-refractivity contribution in [3.8, 4) is 23.0 Å². The van der Waals surface area contributed by atoms with E-state index in [0.717, 1.165) is 0 Å². The van der Waals surface area contributed by atoms with Crippen molar-refractivity contribution < 1.29 is 38.1 Å². The molecule has 0 aliphatic carbocycles. The first-order chi connectivity index (χ1) is 22.9. The fraction of sp³-hybridized carbons (Fsp3) is 0.143. The van der Waals surface area contributed by atoms with Gasteiger partial charge >= 0.3 is 11.9 Å². The van der Waals surface area contributed by atoms with E-state index in [9.17, 15) is 19.2 Å². The Hall–Kier alpha value is -6.30. The number of esters is 2. The highest BCUT2D eigenvalue weighted by atomic mass is 16.6. The molecule has 0 saturated carbocycles. The van der Waals surface area contributed by atoms with Crippen LogP contribution in [0.25, 0.3) is 0 Å². The van der Waals surface area contributed by atoms with E-state index in [0.29, 0.717) is 33.8 Å². The molecule has 0 heterocycles. The number of ether oxygens (including phenoxy) is 4. The first kappa shape index (κ1) is 33.6. The van der Waals surface area contributed by atoms with Gasteiger partial charge in [0.15, 0.2) is 23.0 Å². The highest BCUT2D eigenvalue weighted by Crippen LogP contribution is 2.29. The van der Waals surface area contributed by atoms with Gasteiger partial charge in [-0.05, 0) is 78.2 Å². The van der Waals surface area contributed by atoms with Gasteiger partial charge in [-0.3, -0.25) is 9.59 Å². The lowest BCUT2D eigenvalue weighted by molar-refractivity contribution is -0.122. The van der Waals surface area contributed by atoms with Crippen molar-refractivity contribution in [1.29, 1.82) is 0 Å². The van der Waals surface area contributed by atoms with E-state index >= 15 is 0 Å². The number of benzene rings is 4. The quantitative estimate of drug-likeness (QED) is 0.0857. The summed E-state index contributed by atoms with van der Waals surface area (Å²) in [5.41, 5.74) is 6.82. The van der Waals surface area contributed by atoms with Crippen molar-refractivity contribution >= 4 is 36.2 Å². The minimum absolute atomic E-state index is 0.0620. The van der Waals surface area contributed by atoms with Crippen LogP contribution in [0.4, 0.5) is 0 Å². The molecule has 0 spiro atoms. The summed E-state index contributed by atoms with van der Waals surface area (Å²) in [6.07, 6.45) is 3.23. The van der Waals surface area contributed by atoms with Crippen LogP contribution < -0.4 is 29.8 Å². The van der Waals surface area contributed by atoms with E-state index in [1.807, 2.05) is 0 Å². The Kier molecular flexibility index (Phi) is 12.3. The van der Waals surface area contributed by atoms with Gasteiger partial charge in [-0.1, -0.05) is 36.4 Å². The second-order valence-corrected chi connectivity index (χ2v) is 9.77. The van der Waals surface area contributed by atoms with Crippen molar-refractivity contribution in [3.05, 3.63) is 119 Å². The molecule has 0 fully saturated rings. The standard InChI is InChI=1S/C35H32N4O8/c1-44-30-20-24(16-18-28(30)46-34(42)26-10-5-3-6-11-26)22-36-38-32(40)14-9-15-33(41)39-37-23-25-17-19-29(31(21-25)45-2)47-35(43)27-12-7-4-8-13-27/h3-8,10-13,16-23H,9,14-15H2,1-2H3,(H,38,40)(H,39,41). The molecule has 12 heteroatoms. The first-order valence-corrected chi connectivity index (χ1v) is 14.4. The van der Waals surface area contributed by atoms with Crippen molar-refractivity contribution in [2.45, 2.75) is 19.3 Å². The molecule has 0 aromatic heterocycles. The minimum Gasteiger partial charge on any atom is -0.493 e. The van der Waals surface area contributed by atoms with Gasteiger partial charge in [-0.25, -0.2) is 20.4 Å². The van der Waals surface area contributed by atoms with Gasteiger partial charge in [0.1, 0.15) is 0 Å². The third-order valence-corrected chi connectivity index (χ3v) is 6.41. The maximum absolute atomic E-state index is 12.3. The predicted molar refractivity (Wildman–Crippen MR) is 174 cm³/mol. The molecule has 47 heavy (non-hydrogen) atoms. The second-order valence-electron chi connectivity index (χ2n) is 9.77. The average molecular weight is 637 g/mol. The molecule has 0 radical (unpaired) electrons. The average Bonchev–Trinajstić information content (AvgIpc) is 3.10. The molecule has 2 N–H and O–H groups in total. The number of carbonyl (C=O) groups is 4. The lowest BCUT2D eigenvalue weighted by Crippen LogP contribution is -2.20. The van der Waals surface area contributed by atoms with Crippen LogP contribution in [0.2, 0.25) is 0 Å². The summed E-state index contributed by atoms with van der Waals surface area (Å²) in [5.74, 6) is -0.675. The van der Waals surface area contributed by atoms with Crippen LogP contribution >= 0.6 is 0 Å². The number of nitrogens with zero attached hydrogens (tertiary/aromatic N) is 2. The van der Waals surface area contributed by atoms with Crippen molar-refractivity contribution in [2.24, 2.45) is 10.2 Å². The molecule has 4 aromatic carbocycles. The number of amides is 2. The van der Waals surface area contributed by atoms with Crippen molar-refractivity contribution in [2.75, 3.05) is 14.2 Å². The molecule has 4 rings (SSSR count). The lowest BCUT2D eigenvalue weighted by atomic mass is 10.2. The van der Waals surface area contributed by atoms with Gasteiger partial charge in [0.2, 0.25) is 11.8 Å². The summed E-state index contributed by atoms with van der Waals surface area (Å²) in [6.45, 7) is 0. The van der Waals surface area contributed by atoms with Gasteiger partial charge < -0.3 is 18.9 Å². The molecule has 0 atom stereocenters. The van der Waals surface area contributed by atoms with Gasteiger partial charge in [0.25, 0.3) is 0 Å². The molecule has 0 aliphatic rings. The molecule has 2 amide bonds. The predicted octanol–water partition coefficient (Wildman–Crippen LogP) is 4.91. The maximum Gasteiger partial charge on any atom is 0.343 e. The topological polar surface area (TPSA) is 154 Å². The van der Waals surface area contributed by atoms with Crippen LogP contribution in [-0.2, 0) is 9.59 Å². The molecule has 0 unspecified atom stereocenters. The van der Waals surface area contributed by atoms with Crippen molar-refractivity contribution in [3.63, 3.8) is 0 Å². The number of nitrogens with one attached hydrogen (secondary N) is 2. The minimum atomic E-state index is -0.519. The summed E-state index contributed by atoms with van der Waals surface area (Å²) >= 11 is 0. The van der Waals surface area contributed by atoms with Crippen LogP contribution in [0.5, 0.6) is 23.0 Å². The fourth-order valence-electron chi connectivity index (χ4n) is 4.04. The zero-order valence-electron chi connectivity index (χ0n) is 25.7. The maximum atomic E-state index is 12.3. The van der Waals surface area contributed by atoms with Crippen LogP contribution in [0, 0.1) is 0 Å². The highest BCUT2D eigenvalue weighted by molar-refractivity contribution is 5.92. The molecule has 0 aliphatic heterocycles. The molecule has 240 valence electrons. The molecule has 12 nitrogen and oxygen atoms in total. The Morgan fingerprint density at radius 3 is 1.36 bits per heavy atom. The van der Waals surface area contributed by atoms with E-state index in [-0.39, 0.29) is 42.6 Å². The highest BCUT2D eigenvalue weighted by Gasteiger charge is 2.14. The number of carbonyl (C=O) groups excluding carboxylic acids is 4. The van der Waals surface area contributed by atoms with Crippen LogP contribution in [0.15, 0.2) is 107 Å². The van der Waals surface area contributed by atoms with Gasteiger partial charge in [-0.15, -0.1) is 0 Å². The van der Waals surface area contributed by atoms with E-state index in [1.54, 1.807) is 97.1 Å². The van der Waals surface area contributed by atoms with Gasteiger partial charge in [0, 0.05) is 12.8 Å². The molecule has 4 aromatic rings. The Morgan fingerprint density at radius 2 is 0.979 bits per heavy atom. The summed E-state index contributed by atoms with van der Waals surface area (Å²) in [7, 11) is 2.89. The van der Waals surface area contributed by atoms with E-state index in [2.05, 4.69) is 21.1 Å². The smallest absolute Gasteiger partial charge is 0.343 e. The Labute approximate surface area is 271 Å². The largest absolute Gasteiger partial charge is 0.493 e. The molecular formula is C35H32N4O8. The number of hydrazone groups is 2. The Balaban J connectivity index is 1.18. The fourth-order valence-corrected chi connectivity index (χ4v) is 4.04. The van der Waals surface area contributed by atoms with Crippen molar-refractivity contribution in [1.82, 2.24) is 10.9 Å². The second kappa shape index (κ2) is 17.3. The summed E-state index contributed by atoms with van der Waals surface area (Å²) in [4.78, 5) is 49.0. The zero-order valence-corrected chi connectivity index (χ0v) is 25.7. The summed E-state index contributed by atoms with van der Waals surface area (Å²) < 4.78 is 21.5. The van der Waals surface area contributed by atoms with Gasteiger partial charge in [-0.2, -0.15) is 10.2 Å². The monoisotopic (exact) mass is 636 g/mol. The van der Waals surface area contributed by atoms with E-state index in [1.165, 1.54) is 26.6 Å². The SMILES string of the molecule is COc1cc(C=NNC(=O)CCCC(=O)NN=Cc2ccc(OC(=O)c3ccccc3)c(OC)c2)ccc1OC(=O)c1ccccc1. The number of rotatable bonds is 14. The van der Waals surface area contributed by atoms with Gasteiger partial charge in [0.05, 0.1) is 37.8 Å². The number of hydrogen-bond acceptors (Lipinski definition) is 10. The number of methoxy groups -OCH3 is 2. The summed E-state index contributed by atoms with van der Waals surface area (Å²) in [5, 5.41) is 7.88. The molecular weight excluding hydrogens is 604 g/mol. The Morgan fingerprint density at radius 1 is 0.574 bits per heavy atom. The van der Waals surface area contributed by atoms with Crippen LogP contribution in [-0.4, -0.2) is 50.4 Å². The first-order valence-electron chi connectivity index (χ1n) is 14.4. The Bertz CT molecular complexity index is 1630. The lowest BCUT2D eigenvalue weighted by Gasteiger charge is -2.10. The van der Waals surface area contributed by atoms with Crippen LogP contribution in [0.1, 0.15) is 51.1 Å². The molecule has 0 saturated heterocycles. The molecule has 0 bridgehead atoms. The third-order valence-electron chi connectivity index (χ3n) is 6.41. The van der Waals surface area contributed by atoms with E-state index in [4.69, 9.17) is 18.9 Å². The van der Waals surface area contributed by atoms with Crippen LogP contribution in [0.3, 0.4) is 0 Å². The third kappa shape index (κ3) is 10.4. The summed E-state index contributed by atoms with van der Waals surface area (Å²) in [6, 6.07) is 26.8.